The Balaban J connectivity index is 0.000000303. The molecule has 0 spiro atoms. The van der Waals surface area contributed by atoms with Gasteiger partial charge >= 0.3 is 11.4 Å². The number of hydrogen-bond donors (Lipinski definition) is 5. The summed E-state index contributed by atoms with van der Waals surface area (Å²) in [5, 5.41) is 35.2. The minimum Gasteiger partial charge on any atom is -0.412 e. The van der Waals surface area contributed by atoms with E-state index >= 15 is 0 Å². The second-order valence-corrected chi connectivity index (χ2v) is 11.0. The van der Waals surface area contributed by atoms with Crippen molar-refractivity contribution in [2.24, 2.45) is 5.73 Å². The zero-order valence-electron chi connectivity index (χ0n) is 24.1. The third-order valence-corrected chi connectivity index (χ3v) is 6.29. The smallest absolute Gasteiger partial charge is 0.311 e. The van der Waals surface area contributed by atoms with Crippen LogP contribution in [0.25, 0.3) is 0 Å². The molecule has 3 aliphatic rings. The average Bonchev–Trinajstić information content (AvgIpc) is 3.79. The Labute approximate surface area is 279 Å². The van der Waals surface area contributed by atoms with Gasteiger partial charge in [0.05, 0.1) is 15.5 Å². The zero-order valence-corrected chi connectivity index (χ0v) is 27.2. The molecule has 0 atom stereocenters. The monoisotopic (exact) mass is 709 g/mol. The van der Waals surface area contributed by atoms with E-state index in [1.807, 2.05) is 0 Å². The molecule has 19 heteroatoms. The lowest BCUT2D eigenvalue weighted by atomic mass is 10.4. The Morgan fingerprint density at radius 1 is 0.778 bits per heavy atom. The number of nitrogens with two attached hydrogens (primary N) is 2. The maximum Gasteiger partial charge on any atom is 0.311 e. The Hall–Kier alpha value is -3.31. The fourth-order valence-electron chi connectivity index (χ4n) is 2.72. The molecule has 3 fully saturated rings. The lowest BCUT2D eigenvalue weighted by Crippen LogP contribution is -2.06. The number of rotatable bonds is 6. The maximum absolute atomic E-state index is 10.6. The van der Waals surface area contributed by atoms with Crippen LogP contribution in [-0.4, -0.2) is 60.1 Å². The third kappa shape index (κ3) is 16.5. The van der Waals surface area contributed by atoms with Crippen molar-refractivity contribution in [2.45, 2.75) is 63.6 Å². The summed E-state index contributed by atoms with van der Waals surface area (Å²) in [6.07, 6.45) is 7.00. The lowest BCUT2D eigenvalue weighted by Gasteiger charge is -2.06. The van der Waals surface area contributed by atoms with E-state index in [9.17, 15) is 20.2 Å². The number of aliphatic hydroxyl groups excluding tert-OH is 1. The van der Waals surface area contributed by atoms with Crippen molar-refractivity contribution in [3.63, 3.8) is 0 Å². The zero-order chi connectivity index (χ0) is 32.8. The summed E-state index contributed by atoms with van der Waals surface area (Å²) in [5.74, 6) is 0.981. The molecule has 0 amide bonds. The second kappa shape index (κ2) is 19.9. The van der Waals surface area contributed by atoms with E-state index in [-0.39, 0.29) is 44.7 Å². The number of pyridine rings is 3. The molecule has 45 heavy (non-hydrogen) atoms. The van der Waals surface area contributed by atoms with Crippen molar-refractivity contribution in [3.05, 3.63) is 77.2 Å². The molecule has 9 N–H and O–H groups in total. The number of nitro groups is 2. The number of aliphatic hydroxyl groups is 1. The number of nitrogens with one attached hydrogen (secondary N) is 2. The SMILES string of the molecule is CCO.NC1CC1.Nc1ccc(Cl)nc1NC1CC1.O.O=[N+]([O-])c1ccc(Cl)nc1Cl.O=[N+]([O-])c1ccc(Cl)nc1NC1CC1. The first kappa shape index (κ1) is 39.7. The van der Waals surface area contributed by atoms with Crippen LogP contribution in [-0.2, 0) is 0 Å². The first-order valence-corrected chi connectivity index (χ1v) is 14.9. The van der Waals surface area contributed by atoms with Gasteiger partial charge in [-0.25, -0.2) is 15.0 Å². The molecule has 0 bridgehead atoms. The fourth-order valence-corrected chi connectivity index (χ4v) is 3.43. The normalized spacial score (nSPS) is 14.1. The summed E-state index contributed by atoms with van der Waals surface area (Å²) in [5.41, 5.74) is 11.3. The Morgan fingerprint density at radius 2 is 1.16 bits per heavy atom. The molecule has 15 nitrogen and oxygen atoms in total. The molecule has 0 saturated heterocycles. The molecule has 6 rings (SSSR count). The topological polar surface area (TPSA) is 253 Å². The van der Waals surface area contributed by atoms with Gasteiger partial charge in [-0.1, -0.05) is 46.4 Å². The van der Waals surface area contributed by atoms with E-state index in [1.54, 1.807) is 19.1 Å². The molecule has 248 valence electrons. The van der Waals surface area contributed by atoms with Crippen molar-refractivity contribution in [1.82, 2.24) is 15.0 Å². The Kier molecular flexibility index (Phi) is 17.6. The summed E-state index contributed by atoms with van der Waals surface area (Å²) in [4.78, 5) is 31.2. The van der Waals surface area contributed by atoms with E-state index < -0.39 is 9.85 Å². The summed E-state index contributed by atoms with van der Waals surface area (Å²) < 4.78 is 0. The highest BCUT2D eigenvalue weighted by Crippen LogP contribution is 2.30. The van der Waals surface area contributed by atoms with E-state index in [2.05, 4.69) is 25.6 Å². The quantitative estimate of drug-likeness (QED) is 0.118. The molecule has 0 unspecified atom stereocenters. The molecule has 0 aromatic carbocycles. The van der Waals surface area contributed by atoms with Crippen LogP contribution in [0.5, 0.6) is 0 Å². The summed E-state index contributed by atoms with van der Waals surface area (Å²) >= 11 is 22.2. The predicted molar refractivity (Wildman–Crippen MR) is 177 cm³/mol. The minimum atomic E-state index is -0.619. The molecule has 3 aromatic heterocycles. The molecule has 3 heterocycles. The van der Waals surface area contributed by atoms with Gasteiger partial charge in [-0.2, -0.15) is 0 Å². The van der Waals surface area contributed by atoms with Crippen LogP contribution in [0, 0.1) is 20.2 Å². The molecule has 0 aliphatic heterocycles. The van der Waals surface area contributed by atoms with Crippen LogP contribution >= 0.6 is 46.4 Å². The van der Waals surface area contributed by atoms with Crippen LogP contribution in [0.3, 0.4) is 0 Å². The van der Waals surface area contributed by atoms with Crippen LogP contribution in [0.2, 0.25) is 20.6 Å². The van der Waals surface area contributed by atoms with Crippen molar-refractivity contribution in [1.29, 1.82) is 0 Å². The van der Waals surface area contributed by atoms with Gasteiger partial charge in [-0.15, -0.1) is 0 Å². The summed E-state index contributed by atoms with van der Waals surface area (Å²) in [6.45, 7) is 1.93. The van der Waals surface area contributed by atoms with Crippen LogP contribution in [0.1, 0.15) is 45.4 Å². The van der Waals surface area contributed by atoms with Gasteiger partial charge in [-0.3, -0.25) is 20.2 Å². The molecule has 3 aliphatic carbocycles. The third-order valence-electron chi connectivity index (χ3n) is 5.38. The second-order valence-electron chi connectivity index (χ2n) is 9.52. The van der Waals surface area contributed by atoms with Gasteiger partial charge < -0.3 is 32.7 Å². The Bertz CT molecular complexity index is 1400. The van der Waals surface area contributed by atoms with Crippen molar-refractivity contribution in [2.75, 3.05) is 23.0 Å². The highest BCUT2D eigenvalue weighted by molar-refractivity contribution is 6.33. The number of nitrogens with zero attached hydrogens (tertiary/aromatic N) is 5. The van der Waals surface area contributed by atoms with Crippen LogP contribution in [0.4, 0.5) is 28.7 Å². The number of hydrogen-bond acceptors (Lipinski definition) is 12. The van der Waals surface area contributed by atoms with Crippen molar-refractivity contribution < 1.29 is 20.4 Å². The summed E-state index contributed by atoms with van der Waals surface area (Å²) in [7, 11) is 0. The predicted octanol–water partition coefficient (Wildman–Crippen LogP) is 5.69. The molecular weight excluding hydrogens is 676 g/mol. The first-order chi connectivity index (χ1) is 20.8. The molecule has 3 saturated carbocycles. The molecule has 3 aromatic rings. The molecular formula is C26H35Cl4N9O6. The van der Waals surface area contributed by atoms with E-state index in [4.69, 9.17) is 63.0 Å². The maximum atomic E-state index is 10.6. The number of anilines is 3. The van der Waals surface area contributed by atoms with E-state index in [1.165, 1.54) is 49.9 Å². The van der Waals surface area contributed by atoms with Crippen LogP contribution < -0.4 is 22.1 Å². The number of halogens is 4. The first-order valence-electron chi connectivity index (χ1n) is 13.4. The average molecular weight is 711 g/mol. The van der Waals surface area contributed by atoms with Gasteiger partial charge in [0.15, 0.2) is 5.82 Å². The summed E-state index contributed by atoms with van der Waals surface area (Å²) in [6, 6.07) is 10.2. The van der Waals surface area contributed by atoms with Gasteiger partial charge in [0.1, 0.15) is 15.5 Å². The van der Waals surface area contributed by atoms with Gasteiger partial charge in [0.25, 0.3) is 0 Å². The van der Waals surface area contributed by atoms with Gasteiger partial charge in [0.2, 0.25) is 11.0 Å². The fraction of sp³-hybridized carbons (Fsp3) is 0.423. The van der Waals surface area contributed by atoms with Crippen molar-refractivity contribution in [3.8, 4) is 0 Å². The number of nitrogen functional groups attached to an aromatic ring is 1. The lowest BCUT2D eigenvalue weighted by molar-refractivity contribution is -0.385. The van der Waals surface area contributed by atoms with E-state index in [0.29, 0.717) is 34.8 Å². The van der Waals surface area contributed by atoms with Gasteiger partial charge in [-0.05, 0) is 69.7 Å². The highest BCUT2D eigenvalue weighted by Gasteiger charge is 2.26. The highest BCUT2D eigenvalue weighted by atomic mass is 35.5. The van der Waals surface area contributed by atoms with Crippen molar-refractivity contribution >= 4 is 75.1 Å². The van der Waals surface area contributed by atoms with Gasteiger partial charge in [0, 0.05) is 36.9 Å². The van der Waals surface area contributed by atoms with Crippen LogP contribution in [0.15, 0.2) is 36.4 Å². The molecule has 0 radical (unpaired) electrons. The minimum absolute atomic E-state index is 0. The Morgan fingerprint density at radius 3 is 1.56 bits per heavy atom. The van der Waals surface area contributed by atoms with E-state index in [0.717, 1.165) is 12.8 Å². The number of aromatic nitrogens is 3. The standard InChI is InChI=1S/C8H8ClN3O2.C8H10ClN3.C5H2Cl2N2O2.C3H7N.C2H6O.H2O/c9-7-4-3-6(12(13)14)8(11-7)10-5-1-2-5;9-7-4-3-6(10)8(12-7)11-5-1-2-5;6-4-2-1-3(9(10)11)5(7)8-4;4-3-1-2-3;1-2-3;/h3-5H,1-2H2,(H,10,11);3-5H,1-2,10H2,(H,11,12);1-2H;3H,1-2,4H2;3H,2H2,1H3;1H2. The largest absolute Gasteiger partial charge is 0.412 e.